The van der Waals surface area contributed by atoms with Gasteiger partial charge in [0.1, 0.15) is 22.5 Å². The van der Waals surface area contributed by atoms with Crippen molar-refractivity contribution in [1.82, 2.24) is 0 Å². The first-order chi connectivity index (χ1) is 14.5. The maximum Gasteiger partial charge on any atom is 0.292 e. The first kappa shape index (κ1) is 21.4. The highest BCUT2D eigenvalue weighted by Gasteiger charge is 2.15. The molecule has 3 aromatic rings. The van der Waals surface area contributed by atoms with Crippen LogP contribution in [0.2, 0.25) is 0 Å². The Bertz CT molecular complexity index is 1080. The predicted octanol–water partition coefficient (Wildman–Crippen LogP) is 3.76. The predicted molar refractivity (Wildman–Crippen MR) is 110 cm³/mol. The molecule has 0 spiro atoms. The molecular weight excluding hydrogens is 386 g/mol. The third-order valence-corrected chi connectivity index (χ3v) is 4.60. The number of fused-ring (bicyclic) bond motifs is 1. The Morgan fingerprint density at radius 2 is 1.97 bits per heavy atom. The fourth-order valence-corrected chi connectivity index (χ4v) is 2.93. The van der Waals surface area contributed by atoms with Gasteiger partial charge in [0.25, 0.3) is 6.26 Å². The number of ether oxygens (including phenoxy) is 3. The van der Waals surface area contributed by atoms with Crippen LogP contribution in [0.3, 0.4) is 0 Å². The van der Waals surface area contributed by atoms with E-state index in [2.05, 4.69) is 0 Å². The maximum absolute atomic E-state index is 13.1. The highest BCUT2D eigenvalue weighted by Crippen LogP contribution is 2.25. The topological polar surface area (TPSA) is 102 Å². The first-order valence-electron chi connectivity index (χ1n) is 9.66. The number of aliphatic hydroxyl groups is 1. The monoisotopic (exact) mass is 409 g/mol. The summed E-state index contributed by atoms with van der Waals surface area (Å²) in [5, 5.41) is 18.5. The van der Waals surface area contributed by atoms with E-state index < -0.39 is 12.4 Å². The van der Waals surface area contributed by atoms with Gasteiger partial charge in [0, 0.05) is 12.0 Å². The largest absolute Gasteiger partial charge is 0.464 e. The number of nitriles is 1. The summed E-state index contributed by atoms with van der Waals surface area (Å²) >= 11 is 0. The minimum atomic E-state index is -0.646. The third-order valence-electron chi connectivity index (χ3n) is 4.60. The molecule has 30 heavy (non-hydrogen) atoms. The Labute approximate surface area is 174 Å². The summed E-state index contributed by atoms with van der Waals surface area (Å²) < 4.78 is 21.8. The van der Waals surface area contributed by atoms with E-state index in [1.54, 1.807) is 55.6 Å². The van der Waals surface area contributed by atoms with Gasteiger partial charge in [-0.15, -0.1) is 5.26 Å². The summed E-state index contributed by atoms with van der Waals surface area (Å²) in [7, 11) is 0. The van der Waals surface area contributed by atoms with Gasteiger partial charge >= 0.3 is 0 Å². The molecule has 0 saturated heterocycles. The van der Waals surface area contributed by atoms with Crippen molar-refractivity contribution in [3.63, 3.8) is 0 Å². The fraction of sp³-hybridized carbons (Fsp3) is 0.304. The summed E-state index contributed by atoms with van der Waals surface area (Å²) in [5.74, 6) is 0.795. The van der Waals surface area contributed by atoms with Gasteiger partial charge < -0.3 is 23.7 Å². The number of hydrogen-bond donors (Lipinski definition) is 1. The van der Waals surface area contributed by atoms with Crippen LogP contribution in [0, 0.1) is 11.5 Å². The van der Waals surface area contributed by atoms with Crippen LogP contribution in [0.4, 0.5) is 0 Å². The SMILES string of the molecule is CCC(O)CO[C@H](C)Oc1cccc2occ(Cc3ccc(OC#N)cc3)c(=O)c12. The number of rotatable bonds is 9. The van der Waals surface area contributed by atoms with Gasteiger partial charge in [0.2, 0.25) is 0 Å². The molecule has 0 radical (unpaired) electrons. The molecular formula is C23H23NO6. The second-order valence-electron chi connectivity index (χ2n) is 6.81. The lowest BCUT2D eigenvalue weighted by Gasteiger charge is -2.18. The highest BCUT2D eigenvalue weighted by atomic mass is 16.7. The van der Waals surface area contributed by atoms with Crippen LogP contribution in [0.15, 0.2) is 57.9 Å². The maximum atomic E-state index is 13.1. The van der Waals surface area contributed by atoms with E-state index in [-0.39, 0.29) is 12.0 Å². The zero-order chi connectivity index (χ0) is 21.5. The van der Waals surface area contributed by atoms with Crippen LogP contribution < -0.4 is 14.9 Å². The van der Waals surface area contributed by atoms with Gasteiger partial charge in [-0.2, -0.15) is 0 Å². The van der Waals surface area contributed by atoms with Gasteiger partial charge in [-0.1, -0.05) is 25.1 Å². The number of nitrogens with zero attached hydrogens (tertiary/aromatic N) is 1. The molecule has 2 atom stereocenters. The van der Waals surface area contributed by atoms with E-state index in [1.807, 2.05) is 6.92 Å². The van der Waals surface area contributed by atoms with Crippen LogP contribution in [0.25, 0.3) is 11.0 Å². The second-order valence-corrected chi connectivity index (χ2v) is 6.81. The van der Waals surface area contributed by atoms with E-state index in [0.29, 0.717) is 40.9 Å². The molecule has 156 valence electrons. The third kappa shape index (κ3) is 5.17. The molecule has 0 aliphatic carbocycles. The Balaban J connectivity index is 1.84. The summed E-state index contributed by atoms with van der Waals surface area (Å²) in [6, 6.07) is 12.0. The normalized spacial score (nSPS) is 12.9. The fourth-order valence-electron chi connectivity index (χ4n) is 2.93. The lowest BCUT2D eigenvalue weighted by Crippen LogP contribution is -2.23. The molecule has 3 rings (SSSR count). The van der Waals surface area contributed by atoms with E-state index in [1.165, 1.54) is 6.26 Å². The molecule has 0 saturated carbocycles. The van der Waals surface area contributed by atoms with Crippen molar-refractivity contribution in [2.45, 2.75) is 39.1 Å². The van der Waals surface area contributed by atoms with Crippen molar-refractivity contribution in [2.24, 2.45) is 0 Å². The summed E-state index contributed by atoms with van der Waals surface area (Å²) in [6.07, 6.45) is 2.80. The van der Waals surface area contributed by atoms with Crippen LogP contribution in [-0.2, 0) is 11.2 Å². The molecule has 1 aromatic heterocycles. The smallest absolute Gasteiger partial charge is 0.292 e. The summed E-state index contributed by atoms with van der Waals surface area (Å²) in [6.45, 7) is 3.71. The van der Waals surface area contributed by atoms with E-state index in [4.69, 9.17) is 23.9 Å². The van der Waals surface area contributed by atoms with Gasteiger partial charge in [0.15, 0.2) is 11.7 Å². The Kier molecular flexibility index (Phi) is 7.07. The Hall–Kier alpha value is -3.34. The average molecular weight is 409 g/mol. The first-order valence-corrected chi connectivity index (χ1v) is 9.66. The van der Waals surface area contributed by atoms with Gasteiger partial charge in [-0.05, 0) is 43.2 Å². The van der Waals surface area contributed by atoms with Crippen molar-refractivity contribution in [3.05, 3.63) is 70.1 Å². The molecule has 0 aliphatic heterocycles. The second kappa shape index (κ2) is 9.92. The molecule has 7 heteroatoms. The molecule has 1 heterocycles. The van der Waals surface area contributed by atoms with Gasteiger partial charge in [-0.25, -0.2) is 0 Å². The molecule has 0 fully saturated rings. The van der Waals surface area contributed by atoms with Gasteiger partial charge in [-0.3, -0.25) is 4.79 Å². The van der Waals surface area contributed by atoms with Crippen LogP contribution in [0.5, 0.6) is 11.5 Å². The Morgan fingerprint density at radius 3 is 2.67 bits per heavy atom. The zero-order valence-electron chi connectivity index (χ0n) is 16.8. The minimum absolute atomic E-state index is 0.147. The lowest BCUT2D eigenvalue weighted by molar-refractivity contribution is -0.0934. The van der Waals surface area contributed by atoms with Crippen LogP contribution >= 0.6 is 0 Å². The van der Waals surface area contributed by atoms with Crippen LogP contribution in [0.1, 0.15) is 31.4 Å². The summed E-state index contributed by atoms with van der Waals surface area (Å²) in [5.41, 5.74) is 1.57. The molecule has 0 bridgehead atoms. The lowest BCUT2D eigenvalue weighted by atomic mass is 10.0. The van der Waals surface area contributed by atoms with Crippen LogP contribution in [-0.4, -0.2) is 24.1 Å². The number of benzene rings is 2. The summed E-state index contributed by atoms with van der Waals surface area (Å²) in [4.78, 5) is 13.1. The molecule has 7 nitrogen and oxygen atoms in total. The molecule has 1 N–H and O–H groups in total. The standard InChI is InChI=1S/C23H23NO6/c1-3-18(25)13-27-15(2)30-21-6-4-5-20-22(21)23(26)17(12-28-20)11-16-7-9-19(10-8-16)29-14-24/h4-10,12,15,18,25H,3,11,13H2,1-2H3/t15-,18?/m0/s1. The number of aliphatic hydroxyl groups excluding tert-OH is 1. The van der Waals surface area contributed by atoms with Crippen molar-refractivity contribution in [3.8, 4) is 17.8 Å². The highest BCUT2D eigenvalue weighted by molar-refractivity contribution is 5.83. The van der Waals surface area contributed by atoms with E-state index in [0.717, 1.165) is 5.56 Å². The Morgan fingerprint density at radius 1 is 1.20 bits per heavy atom. The molecule has 1 unspecified atom stereocenters. The number of hydrogen-bond acceptors (Lipinski definition) is 7. The van der Waals surface area contributed by atoms with Crippen molar-refractivity contribution in [2.75, 3.05) is 6.61 Å². The van der Waals surface area contributed by atoms with Crippen molar-refractivity contribution < 1.29 is 23.7 Å². The molecule has 0 amide bonds. The average Bonchev–Trinajstić information content (AvgIpc) is 2.75. The van der Waals surface area contributed by atoms with Gasteiger partial charge in [0.05, 0.1) is 19.0 Å². The van der Waals surface area contributed by atoms with E-state index in [9.17, 15) is 9.90 Å². The zero-order valence-corrected chi connectivity index (χ0v) is 16.8. The molecule has 0 aliphatic rings. The quantitative estimate of drug-likeness (QED) is 0.424. The molecule has 2 aromatic carbocycles. The minimum Gasteiger partial charge on any atom is -0.464 e. The van der Waals surface area contributed by atoms with Crippen molar-refractivity contribution >= 4 is 11.0 Å². The van der Waals surface area contributed by atoms with E-state index >= 15 is 0 Å². The van der Waals surface area contributed by atoms with Crippen molar-refractivity contribution in [1.29, 1.82) is 5.26 Å².